The van der Waals surface area contributed by atoms with Crippen molar-refractivity contribution in [2.24, 2.45) is 27.1 Å². The van der Waals surface area contributed by atoms with Crippen LogP contribution in [0.4, 0.5) is 34.1 Å². The quantitative estimate of drug-likeness (QED) is 0.107. The van der Waals surface area contributed by atoms with E-state index >= 15 is 0 Å². The standard InChI is InChI=1S/C119H133BN4/c1-111(2,3)70-75-48-54-102-96(56-75)90-44-28-30-46-100(90)121(102)88-50-52-98-104(68-88)123(109-92(80-36-32-40-84(64-80)116(16,17)18)58-77(72-113(7,8)9)59-93(109)81-37-33-41-85(65-81)117(19,20)21)106-62-79(74-115(13,14)15)63-107-108(106)120(98)99-53-51-89(122-101-47-31-29-45-91(101)97-57-76(49-55-103(97)122)71-112(4,5)6)69-105(99)124(107)110-94(82-38-34-42-86(66-82)118(22,23)24)60-78(73-114(10,11)12)61-95(110)83-39-35-43-87(67-83)119(25,26)27/h28-69H,70-74H2,1-27H3/i28D,29D,30D,31D,44D,45D,46D,47D,72D2,73D2. The highest BCUT2D eigenvalue weighted by Gasteiger charge is 2.47. The molecular weight excluding hydrogens is 1500 g/mol. The molecule has 0 amide bonds. The Balaban J connectivity index is 1.14. The van der Waals surface area contributed by atoms with Crippen molar-refractivity contribution < 1.29 is 16.4 Å². The van der Waals surface area contributed by atoms with Crippen molar-refractivity contribution in [1.82, 2.24) is 9.13 Å². The van der Waals surface area contributed by atoms with Crippen LogP contribution in [0.1, 0.15) is 253 Å². The first-order valence-corrected chi connectivity index (χ1v) is 44.9. The first-order valence-electron chi connectivity index (χ1n) is 50.9. The monoisotopic (exact) mass is 1640 g/mol. The van der Waals surface area contributed by atoms with Crippen molar-refractivity contribution in [3.05, 3.63) is 305 Å². The molecule has 4 heterocycles. The van der Waals surface area contributed by atoms with Crippen molar-refractivity contribution in [2.75, 3.05) is 9.80 Å². The van der Waals surface area contributed by atoms with Gasteiger partial charge in [0, 0.05) is 83.4 Å². The molecule has 13 aromatic carbocycles. The number of para-hydroxylation sites is 2. The Morgan fingerprint density at radius 1 is 0.274 bits per heavy atom. The predicted octanol–water partition coefficient (Wildman–Crippen LogP) is 31.8. The van der Waals surface area contributed by atoms with E-state index in [0.29, 0.717) is 85.4 Å². The van der Waals surface area contributed by atoms with Crippen LogP contribution in [0.3, 0.4) is 0 Å². The predicted molar refractivity (Wildman–Crippen MR) is 541 cm³/mol. The highest BCUT2D eigenvalue weighted by Crippen LogP contribution is 2.56. The molecule has 0 bridgehead atoms. The minimum Gasteiger partial charge on any atom is -0.310 e. The van der Waals surface area contributed by atoms with E-state index < -0.39 is 30.3 Å². The van der Waals surface area contributed by atoms with Gasteiger partial charge in [0.15, 0.2) is 0 Å². The van der Waals surface area contributed by atoms with E-state index in [1.54, 1.807) is 0 Å². The summed E-state index contributed by atoms with van der Waals surface area (Å²) in [5.74, 6) is 0. The molecule has 2 aliphatic rings. The fraction of sp³-hybridized carbons (Fsp3) is 0.345. The van der Waals surface area contributed by atoms with Crippen LogP contribution in [0.25, 0.3) is 99.5 Å². The number of hydrogen-bond donors (Lipinski definition) is 0. The SMILES string of the molecule is [2H]c1c([2H])c([2H])c2c(c1[2H])c1cc(CC(C)(C)C)ccc1n2-c1ccc2c(c1)N(c1c(-c3cccc(C(C)(C)C)c3)cc(C([2H])([2H])C(C)(C)C)cc1-c1cccc(C(C)(C)C)c1)c1cc(CC(C)(C)C)cc3c1B2c1ccc(-n2c4ccc(CC(C)(C)C)cc4c4c([2H])c([2H])c([2H])c([2H])c42)cc1N3c1c(-c2cccc(C(C)(C)C)c2)cc(C([2H])([2H])C(C)(C)C)cc1-c1cccc(C(C)(C)C)c1. The van der Waals surface area contributed by atoms with Gasteiger partial charge in [0.1, 0.15) is 0 Å². The van der Waals surface area contributed by atoms with E-state index in [0.717, 1.165) is 134 Å². The summed E-state index contributed by atoms with van der Waals surface area (Å²) < 4.78 is 125. The second-order valence-corrected chi connectivity index (χ2v) is 45.6. The van der Waals surface area contributed by atoms with Crippen molar-refractivity contribution in [3.63, 3.8) is 0 Å². The largest absolute Gasteiger partial charge is 0.310 e. The van der Waals surface area contributed by atoms with Gasteiger partial charge in [-0.25, -0.2) is 0 Å². The van der Waals surface area contributed by atoms with Crippen molar-refractivity contribution in [1.29, 1.82) is 0 Å². The molecule has 0 saturated heterocycles. The third kappa shape index (κ3) is 16.7. The Bertz CT molecular complexity index is 6860. The molecule has 4 nitrogen and oxygen atoms in total. The molecule has 0 spiro atoms. The van der Waals surface area contributed by atoms with Crippen LogP contribution >= 0.6 is 0 Å². The zero-order valence-electron chi connectivity index (χ0n) is 90.6. The van der Waals surface area contributed by atoms with Gasteiger partial charge < -0.3 is 18.9 Å². The molecule has 5 heteroatoms. The highest BCUT2D eigenvalue weighted by atomic mass is 15.2. The molecule has 124 heavy (non-hydrogen) atoms. The van der Waals surface area contributed by atoms with E-state index in [4.69, 9.17) is 0 Å². The lowest BCUT2D eigenvalue weighted by atomic mass is 9.33. The highest BCUT2D eigenvalue weighted by molar-refractivity contribution is 7.00. The molecule has 0 radical (unpaired) electrons. The van der Waals surface area contributed by atoms with E-state index in [1.165, 1.54) is 0 Å². The Labute approximate surface area is 760 Å². The van der Waals surface area contributed by atoms with Gasteiger partial charge in [-0.05, 0) is 266 Å². The summed E-state index contributed by atoms with van der Waals surface area (Å²) in [6, 6.07) is 72.4. The number of hydrogen-bond acceptors (Lipinski definition) is 2. The smallest absolute Gasteiger partial charge is 0.252 e. The fourth-order valence-corrected chi connectivity index (χ4v) is 19.3. The fourth-order valence-electron chi connectivity index (χ4n) is 19.3. The summed E-state index contributed by atoms with van der Waals surface area (Å²) in [5, 5.41) is 2.22. The van der Waals surface area contributed by atoms with Gasteiger partial charge in [0.25, 0.3) is 6.71 Å². The maximum atomic E-state index is 10.7. The summed E-state index contributed by atoms with van der Waals surface area (Å²) in [5.41, 5.74) is 21.7. The van der Waals surface area contributed by atoms with Crippen LogP contribution in [-0.2, 0) is 53.7 Å². The lowest BCUT2D eigenvalue weighted by molar-refractivity contribution is 0.411. The maximum Gasteiger partial charge on any atom is 0.252 e. The number of fused-ring (bicyclic) bond motifs is 10. The van der Waals surface area contributed by atoms with Crippen molar-refractivity contribution >= 4 is 101 Å². The summed E-state index contributed by atoms with van der Waals surface area (Å²) in [7, 11) is 0. The molecule has 0 aliphatic carbocycles. The van der Waals surface area contributed by atoms with E-state index in [1.807, 2.05) is 41.5 Å². The molecule has 0 saturated carbocycles. The van der Waals surface area contributed by atoms with Crippen molar-refractivity contribution in [3.8, 4) is 55.9 Å². The first kappa shape index (κ1) is 71.4. The van der Waals surface area contributed by atoms with Crippen LogP contribution < -0.4 is 26.2 Å². The normalized spacial score (nSPS) is 15.3. The van der Waals surface area contributed by atoms with Gasteiger partial charge >= 0.3 is 0 Å². The number of benzene rings is 13. The average molecular weight is 1640 g/mol. The van der Waals surface area contributed by atoms with E-state index in [9.17, 15) is 16.4 Å². The molecule has 2 aliphatic heterocycles. The second kappa shape index (κ2) is 30.5. The number of aromatic nitrogens is 2. The van der Waals surface area contributed by atoms with Gasteiger partial charge in [-0.1, -0.05) is 345 Å². The van der Waals surface area contributed by atoms with Gasteiger partial charge in [0.05, 0.1) is 44.4 Å². The molecule has 632 valence electrons. The minimum atomic E-state index is -1.95. The second-order valence-electron chi connectivity index (χ2n) is 45.6. The lowest BCUT2D eigenvalue weighted by Crippen LogP contribution is -2.61. The van der Waals surface area contributed by atoms with Crippen LogP contribution in [0.2, 0.25) is 0 Å². The Morgan fingerprint density at radius 3 is 0.895 bits per heavy atom. The zero-order valence-corrected chi connectivity index (χ0v) is 78.6. The number of rotatable bonds is 13. The minimum absolute atomic E-state index is 0.132. The maximum absolute atomic E-state index is 10.7. The summed E-state index contributed by atoms with van der Waals surface area (Å²) >= 11 is 0. The van der Waals surface area contributed by atoms with E-state index in [-0.39, 0.29) is 86.2 Å². The number of nitrogens with zero attached hydrogens (tertiary/aromatic N) is 4. The van der Waals surface area contributed by atoms with Gasteiger partial charge in [0.2, 0.25) is 0 Å². The molecule has 0 fully saturated rings. The van der Waals surface area contributed by atoms with Crippen LogP contribution in [0.15, 0.2) is 255 Å². The molecule has 0 unspecified atom stereocenters. The Kier molecular flexibility index (Phi) is 17.6. The summed E-state index contributed by atoms with van der Waals surface area (Å²) in [6.07, 6.45) is -1.92. The molecule has 15 aromatic rings. The van der Waals surface area contributed by atoms with Crippen molar-refractivity contribution in [2.45, 2.75) is 241 Å². The average Bonchev–Trinajstić information content (AvgIpc) is 0.842. The zero-order chi connectivity index (χ0) is 99.0. The third-order valence-corrected chi connectivity index (χ3v) is 24.6. The van der Waals surface area contributed by atoms with Gasteiger partial charge in [-0.15, -0.1) is 0 Å². The molecule has 17 rings (SSSR count). The van der Waals surface area contributed by atoms with Crippen LogP contribution in [-0.4, -0.2) is 15.8 Å². The summed E-state index contributed by atoms with van der Waals surface area (Å²) in [6.45, 7) is 58.0. The van der Waals surface area contributed by atoms with Crippen LogP contribution in [0, 0.1) is 27.1 Å². The van der Waals surface area contributed by atoms with Gasteiger partial charge in [-0.2, -0.15) is 0 Å². The topological polar surface area (TPSA) is 16.3 Å². The van der Waals surface area contributed by atoms with Crippen LogP contribution in [0.5, 0.6) is 0 Å². The third-order valence-electron chi connectivity index (χ3n) is 24.6. The molecule has 2 aromatic heterocycles. The Hall–Kier alpha value is -10.9. The summed E-state index contributed by atoms with van der Waals surface area (Å²) in [4.78, 5) is 4.97. The van der Waals surface area contributed by atoms with Gasteiger partial charge in [-0.3, -0.25) is 0 Å². The Morgan fingerprint density at radius 2 is 0.589 bits per heavy atom. The molecular formula is C119H133BN4. The lowest BCUT2D eigenvalue weighted by Gasteiger charge is -2.46. The molecule has 0 atom stereocenters. The van der Waals surface area contributed by atoms with E-state index in [2.05, 4.69) is 371 Å². The molecule has 0 N–H and O–H groups in total. The number of anilines is 6. The first-order chi connectivity index (χ1) is 62.9.